The molecule has 1 aliphatic carbocycles. The van der Waals surface area contributed by atoms with Crippen LogP contribution in [0.15, 0.2) is 12.3 Å². The highest BCUT2D eigenvalue weighted by atomic mass is 15.2. The zero-order valence-corrected chi connectivity index (χ0v) is 12.9. The van der Waals surface area contributed by atoms with Crippen molar-refractivity contribution in [1.82, 2.24) is 10.3 Å². The molecule has 1 saturated carbocycles. The van der Waals surface area contributed by atoms with Crippen molar-refractivity contribution in [2.24, 2.45) is 5.92 Å². The van der Waals surface area contributed by atoms with E-state index in [2.05, 4.69) is 56.0 Å². The molecule has 0 amide bonds. The zero-order valence-electron chi connectivity index (χ0n) is 12.9. The van der Waals surface area contributed by atoms with Crippen LogP contribution >= 0.6 is 0 Å². The van der Waals surface area contributed by atoms with Crippen LogP contribution in [0, 0.1) is 12.8 Å². The number of nitrogens with one attached hydrogen (secondary N) is 1. The minimum atomic E-state index is 0.512. The molecule has 1 aromatic rings. The molecule has 0 spiro atoms. The number of aryl methyl sites for hydroxylation is 1. The van der Waals surface area contributed by atoms with E-state index in [1.165, 1.54) is 24.0 Å². The number of hydrogen-bond donors (Lipinski definition) is 1. The third kappa shape index (κ3) is 3.69. The van der Waals surface area contributed by atoms with Gasteiger partial charge in [0.15, 0.2) is 0 Å². The summed E-state index contributed by atoms with van der Waals surface area (Å²) in [6.45, 7) is 9.71. The van der Waals surface area contributed by atoms with Crippen molar-refractivity contribution in [3.8, 4) is 0 Å². The van der Waals surface area contributed by atoms with Crippen molar-refractivity contribution in [3.63, 3.8) is 0 Å². The average Bonchev–Trinajstić information content (AvgIpc) is 3.19. The first-order valence-electron chi connectivity index (χ1n) is 7.40. The van der Waals surface area contributed by atoms with E-state index >= 15 is 0 Å². The lowest BCUT2D eigenvalue weighted by atomic mass is 10.1. The summed E-state index contributed by atoms with van der Waals surface area (Å²) in [6, 6.07) is 3.37. The topological polar surface area (TPSA) is 28.2 Å². The summed E-state index contributed by atoms with van der Waals surface area (Å²) in [5.74, 6) is 2.00. The van der Waals surface area contributed by atoms with Gasteiger partial charge in [0.2, 0.25) is 0 Å². The molecule has 3 heteroatoms. The Morgan fingerprint density at radius 1 is 1.37 bits per heavy atom. The van der Waals surface area contributed by atoms with Crippen LogP contribution < -0.4 is 10.2 Å². The van der Waals surface area contributed by atoms with Crippen molar-refractivity contribution >= 4 is 5.82 Å². The summed E-state index contributed by atoms with van der Waals surface area (Å²) in [4.78, 5) is 7.01. The Balaban J connectivity index is 2.05. The number of anilines is 1. The molecule has 1 N–H and O–H groups in total. The fraction of sp³-hybridized carbons (Fsp3) is 0.688. The monoisotopic (exact) mass is 261 g/mol. The van der Waals surface area contributed by atoms with Crippen LogP contribution in [0.25, 0.3) is 0 Å². The lowest BCUT2D eigenvalue weighted by molar-refractivity contribution is 0.585. The van der Waals surface area contributed by atoms with E-state index in [0.29, 0.717) is 12.1 Å². The Bertz CT molecular complexity index is 424. The maximum absolute atomic E-state index is 4.67. The molecule has 1 aromatic heterocycles. The third-order valence-corrected chi connectivity index (χ3v) is 4.07. The maximum Gasteiger partial charge on any atom is 0.131 e. The molecule has 106 valence electrons. The van der Waals surface area contributed by atoms with Crippen LogP contribution in [0.3, 0.4) is 0 Å². The summed E-state index contributed by atoms with van der Waals surface area (Å²) in [7, 11) is 2.17. The summed E-state index contributed by atoms with van der Waals surface area (Å²) in [6.07, 6.45) is 4.76. The Kier molecular flexibility index (Phi) is 4.46. The minimum Gasteiger partial charge on any atom is -0.356 e. The van der Waals surface area contributed by atoms with Gasteiger partial charge in [0.1, 0.15) is 5.82 Å². The van der Waals surface area contributed by atoms with E-state index < -0.39 is 0 Å². The van der Waals surface area contributed by atoms with Crippen LogP contribution in [0.2, 0.25) is 0 Å². The van der Waals surface area contributed by atoms with Gasteiger partial charge in [-0.3, -0.25) is 0 Å². The first-order valence-corrected chi connectivity index (χ1v) is 7.40. The van der Waals surface area contributed by atoms with Gasteiger partial charge in [-0.05, 0) is 49.8 Å². The number of hydrogen-bond acceptors (Lipinski definition) is 3. The maximum atomic E-state index is 4.67. The molecule has 3 nitrogen and oxygen atoms in total. The summed E-state index contributed by atoms with van der Waals surface area (Å²) < 4.78 is 0. The Morgan fingerprint density at radius 2 is 2.05 bits per heavy atom. The molecule has 0 aliphatic heterocycles. The van der Waals surface area contributed by atoms with E-state index in [1.807, 2.05) is 6.20 Å². The summed E-state index contributed by atoms with van der Waals surface area (Å²) >= 11 is 0. The molecular weight excluding hydrogens is 234 g/mol. The Labute approximate surface area is 117 Å². The smallest absolute Gasteiger partial charge is 0.131 e. The van der Waals surface area contributed by atoms with Gasteiger partial charge in [-0.1, -0.05) is 13.8 Å². The van der Waals surface area contributed by atoms with Crippen molar-refractivity contribution in [1.29, 1.82) is 0 Å². The number of pyridine rings is 1. The van der Waals surface area contributed by atoms with Gasteiger partial charge in [-0.15, -0.1) is 0 Å². The van der Waals surface area contributed by atoms with Crippen molar-refractivity contribution in [2.75, 3.05) is 11.9 Å². The summed E-state index contributed by atoms with van der Waals surface area (Å²) in [5, 5.41) is 3.44. The molecule has 1 fully saturated rings. The van der Waals surface area contributed by atoms with E-state index in [1.54, 1.807) is 0 Å². The second-order valence-electron chi connectivity index (χ2n) is 6.21. The predicted octanol–water partition coefficient (Wildman–Crippen LogP) is 3.12. The molecule has 0 bridgehead atoms. The highest BCUT2D eigenvalue weighted by Gasteiger charge is 2.31. The van der Waals surface area contributed by atoms with Gasteiger partial charge < -0.3 is 10.2 Å². The van der Waals surface area contributed by atoms with E-state index in [-0.39, 0.29) is 0 Å². The van der Waals surface area contributed by atoms with Gasteiger partial charge in [0.05, 0.1) is 0 Å². The lowest BCUT2D eigenvalue weighted by Gasteiger charge is -2.27. The van der Waals surface area contributed by atoms with E-state index in [0.717, 1.165) is 18.3 Å². The number of aromatic nitrogens is 1. The molecule has 0 saturated heterocycles. The zero-order chi connectivity index (χ0) is 14.0. The first kappa shape index (κ1) is 14.3. The fourth-order valence-electron chi connectivity index (χ4n) is 2.50. The van der Waals surface area contributed by atoms with Crippen molar-refractivity contribution in [2.45, 2.75) is 59.2 Å². The second-order valence-corrected chi connectivity index (χ2v) is 6.21. The molecule has 0 radical (unpaired) electrons. The van der Waals surface area contributed by atoms with Crippen LogP contribution in [0.4, 0.5) is 5.82 Å². The van der Waals surface area contributed by atoms with Gasteiger partial charge in [0, 0.05) is 31.9 Å². The quantitative estimate of drug-likeness (QED) is 0.853. The normalized spacial score (nSPS) is 16.7. The van der Waals surface area contributed by atoms with Crippen molar-refractivity contribution < 1.29 is 0 Å². The van der Waals surface area contributed by atoms with Gasteiger partial charge >= 0.3 is 0 Å². The molecule has 1 unspecified atom stereocenters. The van der Waals surface area contributed by atoms with Crippen LogP contribution in [0.5, 0.6) is 0 Å². The Hall–Kier alpha value is -1.09. The van der Waals surface area contributed by atoms with Crippen LogP contribution in [-0.2, 0) is 6.54 Å². The fourth-order valence-corrected chi connectivity index (χ4v) is 2.50. The number of nitrogens with zero attached hydrogens (tertiary/aromatic N) is 2. The van der Waals surface area contributed by atoms with Gasteiger partial charge in [-0.25, -0.2) is 4.98 Å². The second kappa shape index (κ2) is 5.91. The largest absolute Gasteiger partial charge is 0.356 e. The highest BCUT2D eigenvalue weighted by Crippen LogP contribution is 2.36. The van der Waals surface area contributed by atoms with Crippen molar-refractivity contribution in [3.05, 3.63) is 23.4 Å². The predicted molar refractivity (Wildman–Crippen MR) is 81.5 cm³/mol. The molecule has 1 aliphatic rings. The minimum absolute atomic E-state index is 0.512. The summed E-state index contributed by atoms with van der Waals surface area (Å²) in [5.41, 5.74) is 2.54. The Morgan fingerprint density at radius 3 is 2.58 bits per heavy atom. The molecule has 1 atom stereocenters. The molecule has 1 heterocycles. The molecule has 2 rings (SSSR count). The standard InChI is InChI=1S/C16H27N3/c1-11(2)17-9-14-8-12(3)16(18-10-14)19(5)13(4)15-6-7-15/h8,10-11,13,15,17H,6-7,9H2,1-5H3. The van der Waals surface area contributed by atoms with E-state index in [9.17, 15) is 0 Å². The molecule has 19 heavy (non-hydrogen) atoms. The van der Waals surface area contributed by atoms with Crippen LogP contribution in [-0.4, -0.2) is 24.1 Å². The average molecular weight is 261 g/mol. The SMILES string of the molecule is Cc1cc(CNC(C)C)cnc1N(C)C(C)C1CC1. The van der Waals surface area contributed by atoms with E-state index in [4.69, 9.17) is 0 Å². The first-order chi connectivity index (χ1) is 8.99. The number of rotatable bonds is 6. The van der Waals surface area contributed by atoms with Gasteiger partial charge in [0.25, 0.3) is 0 Å². The van der Waals surface area contributed by atoms with Crippen LogP contribution in [0.1, 0.15) is 44.7 Å². The molecule has 0 aromatic carbocycles. The lowest BCUT2D eigenvalue weighted by Crippen LogP contribution is -2.32. The highest BCUT2D eigenvalue weighted by molar-refractivity contribution is 5.47. The third-order valence-electron chi connectivity index (χ3n) is 4.07. The molecular formula is C16H27N3. The van der Waals surface area contributed by atoms with Gasteiger partial charge in [-0.2, -0.15) is 0 Å².